The Morgan fingerprint density at radius 1 is 0.371 bits per heavy atom. The minimum atomic E-state index is -1.59. The maximum Gasteiger partial charge on any atom is 0.242 e. The van der Waals surface area contributed by atoms with Crippen molar-refractivity contribution in [3.63, 3.8) is 0 Å². The van der Waals surface area contributed by atoms with E-state index >= 15 is 0 Å². The maximum atomic E-state index is 4.50. The molecule has 4 heteroatoms. The second-order valence-electron chi connectivity index (χ2n) is 19.8. The smallest absolute Gasteiger partial charge is 0.242 e. The number of para-hydroxylation sites is 1. The minimum Gasteiger partial charge on any atom is -0.310 e. The van der Waals surface area contributed by atoms with Gasteiger partial charge in [-0.1, -0.05) is 241 Å². The maximum absolute atomic E-state index is 4.50. The largest absolute Gasteiger partial charge is 0.310 e. The molecular formula is C66H49BN2Si. The zero-order chi connectivity index (χ0) is 46.9. The van der Waals surface area contributed by atoms with Crippen LogP contribution in [0.5, 0.6) is 0 Å². The van der Waals surface area contributed by atoms with E-state index in [1.807, 2.05) is 12.4 Å². The van der Waals surface area contributed by atoms with E-state index in [2.05, 4.69) is 260 Å². The van der Waals surface area contributed by atoms with Crippen molar-refractivity contribution < 1.29 is 0 Å². The lowest BCUT2D eigenvalue weighted by atomic mass is 9.36. The highest BCUT2D eigenvalue weighted by Gasteiger charge is 2.31. The molecule has 0 saturated carbocycles. The van der Waals surface area contributed by atoms with Crippen LogP contribution in [0, 0.1) is 0 Å². The second-order valence-corrected chi connectivity index (χ2v) is 24.9. The van der Waals surface area contributed by atoms with Crippen molar-refractivity contribution in [1.29, 1.82) is 0 Å². The molecule has 0 unspecified atom stereocenters. The summed E-state index contributed by atoms with van der Waals surface area (Å²) in [7, 11) is -1.59. The van der Waals surface area contributed by atoms with Gasteiger partial charge in [-0.15, -0.1) is 0 Å². The summed E-state index contributed by atoms with van der Waals surface area (Å²) in [5, 5.41) is 16.6. The average Bonchev–Trinajstić information content (AvgIpc) is 3.41. The molecule has 0 aliphatic heterocycles. The summed E-state index contributed by atoms with van der Waals surface area (Å²) in [5.74, 6) is 0. The first-order chi connectivity index (χ1) is 34.4. The van der Waals surface area contributed by atoms with Crippen molar-refractivity contribution in [3.8, 4) is 22.3 Å². The van der Waals surface area contributed by atoms with E-state index in [1.165, 1.54) is 108 Å². The Labute approximate surface area is 410 Å². The van der Waals surface area contributed by atoms with Crippen molar-refractivity contribution in [2.45, 2.75) is 19.6 Å². The topological polar surface area (TPSA) is 16.1 Å². The summed E-state index contributed by atoms with van der Waals surface area (Å²) in [6, 6.07) is 86.4. The molecule has 1 aromatic heterocycles. The molecule has 13 rings (SSSR count). The van der Waals surface area contributed by atoms with Crippen molar-refractivity contribution in [1.82, 2.24) is 4.98 Å². The first kappa shape index (κ1) is 41.8. The van der Waals surface area contributed by atoms with Crippen LogP contribution in [0.4, 0.5) is 17.1 Å². The zero-order valence-electron chi connectivity index (χ0n) is 39.6. The van der Waals surface area contributed by atoms with Gasteiger partial charge in [0.1, 0.15) is 0 Å². The third-order valence-corrected chi connectivity index (χ3v) is 16.8. The fraction of sp³-hybridized carbons (Fsp3) is 0.0455. The normalized spacial score (nSPS) is 11.9. The van der Waals surface area contributed by atoms with E-state index in [4.69, 9.17) is 0 Å². The third-order valence-electron chi connectivity index (χ3n) is 14.7. The number of aromatic nitrogens is 1. The molecule has 13 aromatic rings. The molecule has 0 saturated heterocycles. The zero-order valence-corrected chi connectivity index (χ0v) is 40.6. The lowest BCUT2D eigenvalue weighted by Crippen LogP contribution is -2.53. The molecule has 70 heavy (non-hydrogen) atoms. The van der Waals surface area contributed by atoms with Gasteiger partial charge in [-0.05, 0) is 106 Å². The molecule has 0 fully saturated rings. The molecule has 0 aliphatic rings. The van der Waals surface area contributed by atoms with Crippen LogP contribution >= 0.6 is 0 Å². The highest BCUT2D eigenvalue weighted by molar-refractivity contribution is 6.97. The Morgan fingerprint density at radius 3 is 1.59 bits per heavy atom. The van der Waals surface area contributed by atoms with E-state index in [9.17, 15) is 0 Å². The lowest BCUT2D eigenvalue weighted by molar-refractivity contribution is 1.25. The molecule has 0 bridgehead atoms. The first-order valence-electron chi connectivity index (χ1n) is 24.5. The Morgan fingerprint density at radius 2 is 0.900 bits per heavy atom. The molecule has 330 valence electrons. The van der Waals surface area contributed by atoms with Gasteiger partial charge in [-0.2, -0.15) is 0 Å². The Kier molecular flexibility index (Phi) is 10.0. The average molecular weight is 909 g/mol. The molecule has 0 radical (unpaired) electrons. The van der Waals surface area contributed by atoms with Gasteiger partial charge in [0.2, 0.25) is 6.71 Å². The SMILES string of the molecule is C[Si](C)(C)c1ccc(B(c2ccc3ccc4ccccc4c3c2)c2cc(-c3ccccc3)c3c4ccccc4c4c(N(c5ccccc5)c5ccncc5)cc(-c5ccccc5)c5ccc2c3c54)cc1. The van der Waals surface area contributed by atoms with Crippen LogP contribution in [0.1, 0.15) is 0 Å². The highest BCUT2D eigenvalue weighted by atomic mass is 28.3. The van der Waals surface area contributed by atoms with Crippen LogP contribution in [-0.4, -0.2) is 19.8 Å². The number of pyridine rings is 1. The molecule has 2 nitrogen and oxygen atoms in total. The predicted molar refractivity (Wildman–Crippen MR) is 307 cm³/mol. The number of nitrogens with zero attached hydrogens (tertiary/aromatic N) is 2. The minimum absolute atomic E-state index is 0.0805. The van der Waals surface area contributed by atoms with Crippen LogP contribution in [0.3, 0.4) is 0 Å². The fourth-order valence-electron chi connectivity index (χ4n) is 11.5. The predicted octanol–water partition coefficient (Wildman–Crippen LogP) is 15.3. The third kappa shape index (κ3) is 6.89. The van der Waals surface area contributed by atoms with Gasteiger partial charge >= 0.3 is 0 Å². The summed E-state index contributed by atoms with van der Waals surface area (Å²) in [6.07, 6.45) is 3.81. The molecule has 0 atom stereocenters. The van der Waals surface area contributed by atoms with Crippen LogP contribution in [0.25, 0.3) is 86.9 Å². The Bertz CT molecular complexity index is 4040. The molecule has 0 N–H and O–H groups in total. The van der Waals surface area contributed by atoms with Crippen LogP contribution in [0.2, 0.25) is 19.6 Å². The van der Waals surface area contributed by atoms with E-state index < -0.39 is 8.07 Å². The Hall–Kier alpha value is -8.31. The monoisotopic (exact) mass is 908 g/mol. The van der Waals surface area contributed by atoms with Crippen molar-refractivity contribution in [2.75, 3.05) is 4.90 Å². The van der Waals surface area contributed by atoms with Gasteiger partial charge in [0.25, 0.3) is 0 Å². The number of fused-ring (bicyclic) bond motifs is 6. The van der Waals surface area contributed by atoms with Gasteiger partial charge in [0, 0.05) is 34.5 Å². The van der Waals surface area contributed by atoms with E-state index in [0.717, 1.165) is 17.1 Å². The van der Waals surface area contributed by atoms with Gasteiger partial charge in [-0.3, -0.25) is 4.98 Å². The fourth-order valence-corrected chi connectivity index (χ4v) is 12.6. The summed E-state index contributed by atoms with van der Waals surface area (Å²) in [5.41, 5.74) is 12.0. The molecule has 1 heterocycles. The molecule has 0 spiro atoms. The summed E-state index contributed by atoms with van der Waals surface area (Å²) in [4.78, 5) is 6.94. The van der Waals surface area contributed by atoms with Crippen molar-refractivity contribution >= 4 is 118 Å². The standard InChI is InChI=1S/C66H49BN2Si/c1-70(2,3)52-33-31-48(32-34-52)67(49-30-29-47-28-27-46-21-13-14-24-53(46)58(47)41-49)61-42-60(45-19-9-5-10-20-45)63-54-25-15-16-26-55(54)64-62(69(50-22-11-6-12-23-50)51-37-39-68-40-38-51)43-59(44-17-7-4-8-18-44)56-35-36-57(61)66(63)65(56)64/h4-43H,1-3H3. The summed E-state index contributed by atoms with van der Waals surface area (Å²) >= 11 is 0. The van der Waals surface area contributed by atoms with E-state index in [0.29, 0.717) is 0 Å². The number of benzene rings is 12. The number of rotatable bonds is 9. The van der Waals surface area contributed by atoms with Gasteiger partial charge in [-0.25, -0.2) is 0 Å². The van der Waals surface area contributed by atoms with Gasteiger partial charge < -0.3 is 4.90 Å². The lowest BCUT2D eigenvalue weighted by Gasteiger charge is -2.30. The highest BCUT2D eigenvalue weighted by Crippen LogP contribution is 2.52. The number of hydrogen-bond acceptors (Lipinski definition) is 2. The summed E-state index contributed by atoms with van der Waals surface area (Å²) < 4.78 is 0. The van der Waals surface area contributed by atoms with Crippen LogP contribution in [-0.2, 0) is 0 Å². The first-order valence-corrected chi connectivity index (χ1v) is 28.0. The van der Waals surface area contributed by atoms with Crippen molar-refractivity contribution in [3.05, 3.63) is 243 Å². The van der Waals surface area contributed by atoms with Crippen molar-refractivity contribution in [2.24, 2.45) is 0 Å². The van der Waals surface area contributed by atoms with E-state index in [-0.39, 0.29) is 6.71 Å². The Balaban J connectivity index is 1.23. The van der Waals surface area contributed by atoms with Crippen LogP contribution < -0.4 is 26.5 Å². The number of anilines is 3. The van der Waals surface area contributed by atoms with Crippen LogP contribution in [0.15, 0.2) is 243 Å². The molecular weight excluding hydrogens is 860 g/mol. The second kappa shape index (κ2) is 16.7. The molecule has 0 amide bonds. The van der Waals surface area contributed by atoms with Gasteiger partial charge in [0.15, 0.2) is 0 Å². The molecule has 0 aliphatic carbocycles. The van der Waals surface area contributed by atoms with E-state index in [1.54, 1.807) is 0 Å². The van der Waals surface area contributed by atoms with Gasteiger partial charge in [0.05, 0.1) is 13.8 Å². The molecule has 12 aromatic carbocycles. The number of hydrogen-bond donors (Lipinski definition) is 0. The summed E-state index contributed by atoms with van der Waals surface area (Å²) in [6.45, 7) is 7.24. The quantitative estimate of drug-likeness (QED) is 0.0815.